The molecule has 1 aliphatic rings. The third-order valence-corrected chi connectivity index (χ3v) is 4.57. The normalized spacial score (nSPS) is 16.9. The van der Waals surface area contributed by atoms with Gasteiger partial charge >= 0.3 is 0 Å². The van der Waals surface area contributed by atoms with Crippen molar-refractivity contribution >= 4 is 17.5 Å². The molecule has 0 saturated carbocycles. The molecule has 3 heterocycles. The largest absolute Gasteiger partial charge is 0.350 e. The molecule has 1 amide bonds. The van der Waals surface area contributed by atoms with Crippen LogP contribution in [0.25, 0.3) is 11.5 Å². The molecule has 1 aliphatic heterocycles. The van der Waals surface area contributed by atoms with Crippen molar-refractivity contribution in [3.8, 4) is 11.5 Å². The number of benzene rings is 1. The van der Waals surface area contributed by atoms with Gasteiger partial charge < -0.3 is 10.3 Å². The lowest BCUT2D eigenvalue weighted by Crippen LogP contribution is -2.26. The number of hydrogen-bond acceptors (Lipinski definition) is 4. The molecule has 2 aromatic heterocycles. The molecule has 126 valence electrons. The molecule has 0 saturated heterocycles. The summed E-state index contributed by atoms with van der Waals surface area (Å²) >= 11 is 5.97. The second-order valence-electron chi connectivity index (χ2n) is 6.12. The van der Waals surface area contributed by atoms with E-state index in [1.54, 1.807) is 12.4 Å². The Morgan fingerprint density at radius 1 is 1.16 bits per heavy atom. The summed E-state index contributed by atoms with van der Waals surface area (Å²) in [5, 5.41) is 3.65. The van der Waals surface area contributed by atoms with Gasteiger partial charge in [-0.15, -0.1) is 0 Å². The van der Waals surface area contributed by atoms with Crippen LogP contribution in [0.15, 0.2) is 36.7 Å². The number of nitrogens with one attached hydrogen (secondary N) is 2. The van der Waals surface area contributed by atoms with Crippen LogP contribution in [-0.2, 0) is 6.42 Å². The Kier molecular flexibility index (Phi) is 3.97. The molecule has 1 atom stereocenters. The van der Waals surface area contributed by atoms with E-state index >= 15 is 0 Å². The topological polar surface area (TPSA) is 83.6 Å². The maximum absolute atomic E-state index is 12.4. The van der Waals surface area contributed by atoms with E-state index in [0.717, 1.165) is 17.0 Å². The van der Waals surface area contributed by atoms with Gasteiger partial charge in [-0.25, -0.2) is 9.97 Å². The minimum absolute atomic E-state index is 0.153. The summed E-state index contributed by atoms with van der Waals surface area (Å²) in [5.41, 5.74) is 3.82. The maximum Gasteiger partial charge on any atom is 0.271 e. The number of aromatic nitrogens is 4. The van der Waals surface area contributed by atoms with E-state index < -0.39 is 0 Å². The average Bonchev–Trinajstić information content (AvgIpc) is 2.97. The highest BCUT2D eigenvalue weighted by atomic mass is 35.5. The number of nitrogens with zero attached hydrogens (tertiary/aromatic N) is 3. The highest BCUT2D eigenvalue weighted by molar-refractivity contribution is 6.30. The van der Waals surface area contributed by atoms with Gasteiger partial charge in [0.1, 0.15) is 11.4 Å². The molecule has 1 unspecified atom stereocenters. The van der Waals surface area contributed by atoms with E-state index in [2.05, 4.69) is 25.3 Å². The van der Waals surface area contributed by atoms with Crippen molar-refractivity contribution in [2.45, 2.75) is 19.3 Å². The number of aromatic amines is 1. The third-order valence-electron chi connectivity index (χ3n) is 4.32. The van der Waals surface area contributed by atoms with E-state index in [4.69, 9.17) is 11.6 Å². The molecule has 7 heteroatoms. The molecular weight excluding hydrogens is 338 g/mol. The Morgan fingerprint density at radius 2 is 1.96 bits per heavy atom. The van der Waals surface area contributed by atoms with E-state index in [0.29, 0.717) is 35.2 Å². The van der Waals surface area contributed by atoms with E-state index in [-0.39, 0.29) is 11.8 Å². The molecular formula is C18H16ClN5O. The van der Waals surface area contributed by atoms with Crippen molar-refractivity contribution in [2.75, 3.05) is 6.54 Å². The molecule has 25 heavy (non-hydrogen) atoms. The molecule has 3 aromatic rings. The summed E-state index contributed by atoms with van der Waals surface area (Å²) in [6.07, 6.45) is 4.02. The second kappa shape index (κ2) is 6.29. The number of fused-ring (bicyclic) bond motifs is 1. The van der Waals surface area contributed by atoms with Crippen molar-refractivity contribution in [1.29, 1.82) is 0 Å². The Balaban J connectivity index is 1.68. The minimum Gasteiger partial charge on any atom is -0.350 e. The average molecular weight is 354 g/mol. The Morgan fingerprint density at radius 3 is 2.68 bits per heavy atom. The standard InChI is InChI=1S/C18H16ClN5O/c1-10-7-21-15(9-20-10)17-23-14-6-12(8-22-18(25)16(14)24-17)11-2-4-13(19)5-3-11/h2-5,7,9,12H,6,8H2,1H3,(H,22,25)(H,23,24). The van der Waals surface area contributed by atoms with Gasteiger partial charge in [-0.05, 0) is 31.0 Å². The van der Waals surface area contributed by atoms with Crippen molar-refractivity contribution in [3.63, 3.8) is 0 Å². The number of hydrogen-bond donors (Lipinski definition) is 2. The molecule has 4 rings (SSSR count). The summed E-state index contributed by atoms with van der Waals surface area (Å²) in [5.74, 6) is 0.540. The van der Waals surface area contributed by atoms with Crippen LogP contribution in [0.3, 0.4) is 0 Å². The third kappa shape index (κ3) is 3.13. The van der Waals surface area contributed by atoms with Crippen LogP contribution < -0.4 is 5.32 Å². The van der Waals surface area contributed by atoms with Gasteiger partial charge in [0.25, 0.3) is 5.91 Å². The van der Waals surface area contributed by atoms with Gasteiger partial charge in [0.15, 0.2) is 5.82 Å². The fourth-order valence-electron chi connectivity index (χ4n) is 2.97. The van der Waals surface area contributed by atoms with E-state index in [1.165, 1.54) is 0 Å². The van der Waals surface area contributed by atoms with Gasteiger partial charge in [-0.2, -0.15) is 0 Å². The predicted molar refractivity (Wildman–Crippen MR) is 94.6 cm³/mol. The fraction of sp³-hybridized carbons (Fsp3) is 0.222. The molecule has 1 aromatic carbocycles. The number of rotatable bonds is 2. The number of amides is 1. The number of H-pyrrole nitrogens is 1. The maximum atomic E-state index is 12.4. The van der Waals surface area contributed by atoms with Gasteiger partial charge in [-0.1, -0.05) is 23.7 Å². The summed E-state index contributed by atoms with van der Waals surface area (Å²) in [4.78, 5) is 28.6. The lowest BCUT2D eigenvalue weighted by atomic mass is 9.94. The summed E-state index contributed by atoms with van der Waals surface area (Å²) in [6.45, 7) is 2.43. The lowest BCUT2D eigenvalue weighted by Gasteiger charge is -2.14. The molecule has 0 spiro atoms. The second-order valence-corrected chi connectivity index (χ2v) is 6.55. The molecule has 0 fully saturated rings. The zero-order valence-electron chi connectivity index (χ0n) is 13.6. The number of carbonyl (C=O) groups is 1. The molecule has 0 radical (unpaired) electrons. The summed E-state index contributed by atoms with van der Waals surface area (Å²) in [6, 6.07) is 7.72. The lowest BCUT2D eigenvalue weighted by molar-refractivity contribution is 0.0950. The number of halogens is 1. The van der Waals surface area contributed by atoms with Crippen molar-refractivity contribution in [1.82, 2.24) is 25.3 Å². The smallest absolute Gasteiger partial charge is 0.271 e. The summed E-state index contributed by atoms with van der Waals surface area (Å²) in [7, 11) is 0. The van der Waals surface area contributed by atoms with Crippen LogP contribution in [0, 0.1) is 6.92 Å². The van der Waals surface area contributed by atoms with Crippen molar-refractivity contribution in [3.05, 3.63) is 64.3 Å². The fourth-order valence-corrected chi connectivity index (χ4v) is 3.10. The monoisotopic (exact) mass is 353 g/mol. The van der Waals surface area contributed by atoms with E-state index in [1.807, 2.05) is 31.2 Å². The zero-order chi connectivity index (χ0) is 17.4. The van der Waals surface area contributed by atoms with Crippen molar-refractivity contribution in [2.24, 2.45) is 0 Å². The van der Waals surface area contributed by atoms with Crippen molar-refractivity contribution < 1.29 is 4.79 Å². The summed E-state index contributed by atoms with van der Waals surface area (Å²) < 4.78 is 0. The first-order chi connectivity index (χ1) is 12.1. The van der Waals surface area contributed by atoms with Gasteiger partial charge in [-0.3, -0.25) is 9.78 Å². The zero-order valence-corrected chi connectivity index (χ0v) is 14.3. The first kappa shape index (κ1) is 15.8. The quantitative estimate of drug-likeness (QED) is 0.742. The molecule has 0 aliphatic carbocycles. The minimum atomic E-state index is -0.172. The number of imidazole rings is 1. The van der Waals surface area contributed by atoms with Crippen LogP contribution in [0.1, 0.15) is 33.4 Å². The Hall–Kier alpha value is -2.73. The molecule has 0 bridgehead atoms. The van der Waals surface area contributed by atoms with Crippen LogP contribution in [-0.4, -0.2) is 32.4 Å². The van der Waals surface area contributed by atoms with Gasteiger partial charge in [0.05, 0.1) is 11.9 Å². The van der Waals surface area contributed by atoms with Gasteiger partial charge in [0.2, 0.25) is 0 Å². The first-order valence-electron chi connectivity index (χ1n) is 8.01. The Labute approximate surface area is 149 Å². The van der Waals surface area contributed by atoms with Gasteiger partial charge in [0, 0.05) is 29.4 Å². The molecule has 2 N–H and O–H groups in total. The van der Waals surface area contributed by atoms with E-state index in [9.17, 15) is 4.79 Å². The first-order valence-corrected chi connectivity index (χ1v) is 8.39. The van der Waals surface area contributed by atoms with Crippen LogP contribution in [0.2, 0.25) is 5.02 Å². The predicted octanol–water partition coefficient (Wildman–Crippen LogP) is 2.90. The highest BCUT2D eigenvalue weighted by Gasteiger charge is 2.26. The number of carbonyl (C=O) groups excluding carboxylic acids is 1. The number of aryl methyl sites for hydroxylation is 1. The van der Waals surface area contributed by atoms with Crippen LogP contribution in [0.5, 0.6) is 0 Å². The Bertz CT molecular complexity index is 918. The van der Waals surface area contributed by atoms with Crippen LogP contribution in [0.4, 0.5) is 0 Å². The highest BCUT2D eigenvalue weighted by Crippen LogP contribution is 2.27. The SMILES string of the molecule is Cc1cnc(-c2nc3c([nH]2)CC(c2ccc(Cl)cc2)CNC3=O)cn1. The van der Waals surface area contributed by atoms with Crippen LogP contribution >= 0.6 is 11.6 Å². The molecule has 6 nitrogen and oxygen atoms in total.